The molecule has 1 aromatic rings. The Kier molecular flexibility index (Phi) is 3.34. The van der Waals surface area contributed by atoms with E-state index in [0.29, 0.717) is 13.0 Å². The normalized spacial score (nSPS) is 19.9. The van der Waals surface area contributed by atoms with Crippen LogP contribution in [0, 0.1) is 10.7 Å². The van der Waals surface area contributed by atoms with Crippen LogP contribution in [0.2, 0.25) is 0 Å². The summed E-state index contributed by atoms with van der Waals surface area (Å²) in [5.74, 6) is 0.226. The van der Waals surface area contributed by atoms with Gasteiger partial charge in [-0.25, -0.2) is 0 Å². The van der Waals surface area contributed by atoms with E-state index in [2.05, 4.69) is 25.9 Å². The van der Waals surface area contributed by atoms with E-state index < -0.39 is 5.56 Å². The molecule has 2 heterocycles. The highest BCUT2D eigenvalue weighted by molar-refractivity contribution is 9.09. The van der Waals surface area contributed by atoms with Crippen LogP contribution in [0.3, 0.4) is 0 Å². The minimum atomic E-state index is -0.435. The third kappa shape index (κ3) is 2.27. The lowest BCUT2D eigenvalue weighted by Crippen LogP contribution is -2.32. The molecule has 0 aliphatic carbocycles. The van der Waals surface area contributed by atoms with E-state index in [9.17, 15) is 9.59 Å². The van der Waals surface area contributed by atoms with E-state index in [1.165, 1.54) is 4.90 Å². The van der Waals surface area contributed by atoms with Crippen LogP contribution in [-0.4, -0.2) is 27.7 Å². The number of halogens is 1. The number of anilines is 2. The summed E-state index contributed by atoms with van der Waals surface area (Å²) in [6.45, 7) is 0.488. The molecular weight excluding hydrogens is 308 g/mol. The fourth-order valence-electron chi connectivity index (χ4n) is 1.87. The van der Waals surface area contributed by atoms with Gasteiger partial charge in [0.05, 0.1) is 0 Å². The number of nitrogens with one attached hydrogen (secondary N) is 2. The number of hydrogen-bond donors (Lipinski definition) is 3. The third-order valence-corrected chi connectivity index (χ3v) is 3.76. The number of hydrogen-bond acceptors (Lipinski definition) is 4. The number of alkyl halides is 1. The summed E-state index contributed by atoms with van der Waals surface area (Å²) in [5, 5.41) is 0.718. The van der Waals surface area contributed by atoms with Crippen molar-refractivity contribution >= 4 is 45.6 Å². The molecule has 2 rings (SSSR count). The first kappa shape index (κ1) is 12.3. The summed E-state index contributed by atoms with van der Waals surface area (Å²) in [6.07, 6.45) is 0.416. The average Bonchev–Trinajstić information content (AvgIpc) is 2.59. The van der Waals surface area contributed by atoms with Crippen LogP contribution in [0.15, 0.2) is 4.79 Å². The molecule has 1 amide bonds. The smallest absolute Gasteiger partial charge is 0.277 e. The first-order chi connectivity index (χ1) is 8.02. The van der Waals surface area contributed by atoms with Crippen molar-refractivity contribution in [1.82, 2.24) is 9.97 Å². The molecule has 0 spiro atoms. The number of aromatic amines is 2. The molecule has 4 N–H and O–H groups in total. The minimum Gasteiger partial charge on any atom is -0.383 e. The Morgan fingerprint density at radius 2 is 2.18 bits per heavy atom. The molecule has 0 bridgehead atoms. The lowest BCUT2D eigenvalue weighted by molar-refractivity contribution is -0.117. The summed E-state index contributed by atoms with van der Waals surface area (Å²) < 4.78 is 0.153. The molecule has 1 aromatic heterocycles. The van der Waals surface area contributed by atoms with Gasteiger partial charge in [-0.15, -0.1) is 0 Å². The van der Waals surface area contributed by atoms with Crippen molar-refractivity contribution in [2.45, 2.75) is 6.42 Å². The lowest BCUT2D eigenvalue weighted by atomic mass is 10.2. The monoisotopic (exact) mass is 318 g/mol. The summed E-state index contributed by atoms with van der Waals surface area (Å²) in [4.78, 5) is 30.0. The predicted molar refractivity (Wildman–Crippen MR) is 70.9 cm³/mol. The van der Waals surface area contributed by atoms with Gasteiger partial charge in [-0.1, -0.05) is 15.9 Å². The lowest BCUT2D eigenvalue weighted by Gasteiger charge is -2.16. The van der Waals surface area contributed by atoms with Crippen molar-refractivity contribution < 1.29 is 4.79 Å². The zero-order chi connectivity index (χ0) is 12.6. The van der Waals surface area contributed by atoms with E-state index >= 15 is 0 Å². The molecule has 0 aromatic carbocycles. The molecular formula is C9H11BrN4O2S. The first-order valence-electron chi connectivity index (χ1n) is 5.01. The van der Waals surface area contributed by atoms with Crippen LogP contribution < -0.4 is 16.2 Å². The number of H-pyrrole nitrogens is 2. The summed E-state index contributed by atoms with van der Waals surface area (Å²) >= 11 is 8.13. The van der Waals surface area contributed by atoms with Gasteiger partial charge in [-0.3, -0.25) is 14.6 Å². The molecule has 1 saturated heterocycles. The van der Waals surface area contributed by atoms with E-state index in [4.69, 9.17) is 18.0 Å². The van der Waals surface area contributed by atoms with Crippen molar-refractivity contribution in [2.24, 2.45) is 5.92 Å². The maximum atomic E-state index is 11.8. The van der Waals surface area contributed by atoms with Crippen LogP contribution >= 0.6 is 28.1 Å². The number of amides is 1. The maximum Gasteiger partial charge on any atom is 0.277 e. The largest absolute Gasteiger partial charge is 0.383 e. The molecule has 6 nitrogen and oxygen atoms in total. The highest BCUT2D eigenvalue weighted by Crippen LogP contribution is 2.26. The Labute approximate surface area is 110 Å². The summed E-state index contributed by atoms with van der Waals surface area (Å²) in [5.41, 5.74) is 5.43. The van der Waals surface area contributed by atoms with Crippen molar-refractivity contribution in [1.29, 1.82) is 0 Å². The van der Waals surface area contributed by atoms with Gasteiger partial charge in [0.15, 0.2) is 10.5 Å². The van der Waals surface area contributed by atoms with Gasteiger partial charge < -0.3 is 15.6 Å². The van der Waals surface area contributed by atoms with Gasteiger partial charge in [-0.2, -0.15) is 0 Å². The SMILES string of the molecule is Nc1[nH]c(=S)[nH]c(=O)c1N1CC(CBr)CC1=O. The van der Waals surface area contributed by atoms with Crippen LogP contribution in [0.25, 0.3) is 0 Å². The Balaban J connectivity index is 2.45. The number of carbonyl (C=O) groups is 1. The highest BCUT2D eigenvalue weighted by atomic mass is 79.9. The van der Waals surface area contributed by atoms with Crippen LogP contribution in [0.5, 0.6) is 0 Å². The molecule has 0 saturated carbocycles. The summed E-state index contributed by atoms with van der Waals surface area (Å²) in [6, 6.07) is 0. The Bertz CT molecular complexity index is 567. The minimum absolute atomic E-state index is 0.0998. The number of aromatic nitrogens is 2. The number of nitrogens with two attached hydrogens (primary N) is 1. The molecule has 1 atom stereocenters. The molecule has 0 radical (unpaired) electrons. The molecule has 1 aliphatic heterocycles. The number of nitrogen functional groups attached to an aromatic ring is 1. The predicted octanol–water partition coefficient (Wildman–Crippen LogP) is 0.762. The van der Waals surface area contributed by atoms with Crippen molar-refractivity contribution in [3.05, 3.63) is 15.1 Å². The zero-order valence-electron chi connectivity index (χ0n) is 8.83. The second-order valence-electron chi connectivity index (χ2n) is 3.90. The summed E-state index contributed by atoms with van der Waals surface area (Å²) in [7, 11) is 0. The van der Waals surface area contributed by atoms with Crippen molar-refractivity contribution in [3.8, 4) is 0 Å². The van der Waals surface area contributed by atoms with Gasteiger partial charge in [0.1, 0.15) is 5.82 Å². The first-order valence-corrected chi connectivity index (χ1v) is 6.54. The van der Waals surface area contributed by atoms with E-state index in [1.54, 1.807) is 0 Å². The van der Waals surface area contributed by atoms with Crippen molar-refractivity contribution in [2.75, 3.05) is 22.5 Å². The van der Waals surface area contributed by atoms with Gasteiger partial charge in [0.2, 0.25) is 5.91 Å². The Hall–Kier alpha value is -1.15. The van der Waals surface area contributed by atoms with Gasteiger partial charge in [0, 0.05) is 18.3 Å². The van der Waals surface area contributed by atoms with Gasteiger partial charge in [-0.05, 0) is 18.1 Å². The fourth-order valence-corrected chi connectivity index (χ4v) is 2.50. The molecule has 92 valence electrons. The van der Waals surface area contributed by atoms with E-state index in [-0.39, 0.29) is 28.1 Å². The van der Waals surface area contributed by atoms with E-state index in [0.717, 1.165) is 5.33 Å². The van der Waals surface area contributed by atoms with E-state index in [1.807, 2.05) is 0 Å². The quantitative estimate of drug-likeness (QED) is 0.554. The molecule has 17 heavy (non-hydrogen) atoms. The number of nitrogens with zero attached hydrogens (tertiary/aromatic N) is 1. The standard InChI is InChI=1S/C9H11BrN4O2S/c10-2-4-1-5(15)14(3-4)6-7(11)12-9(17)13-8(6)16/h4H,1-3H2,(H4,11,12,13,16,17). The second-order valence-corrected chi connectivity index (χ2v) is 4.96. The van der Waals surface area contributed by atoms with Crippen LogP contribution in [-0.2, 0) is 4.79 Å². The van der Waals surface area contributed by atoms with Gasteiger partial charge in [0.25, 0.3) is 5.56 Å². The maximum absolute atomic E-state index is 11.8. The topological polar surface area (TPSA) is 95.0 Å². The second kappa shape index (κ2) is 4.61. The molecule has 8 heteroatoms. The molecule has 1 fully saturated rings. The van der Waals surface area contributed by atoms with Crippen LogP contribution in [0.4, 0.5) is 11.5 Å². The van der Waals surface area contributed by atoms with Crippen LogP contribution in [0.1, 0.15) is 6.42 Å². The Morgan fingerprint density at radius 3 is 2.71 bits per heavy atom. The Morgan fingerprint density at radius 1 is 1.47 bits per heavy atom. The highest BCUT2D eigenvalue weighted by Gasteiger charge is 2.32. The van der Waals surface area contributed by atoms with Crippen molar-refractivity contribution in [3.63, 3.8) is 0 Å². The fraction of sp³-hybridized carbons (Fsp3) is 0.444. The average molecular weight is 319 g/mol. The number of carbonyl (C=O) groups excluding carboxylic acids is 1. The number of rotatable bonds is 2. The molecule has 1 unspecified atom stereocenters. The third-order valence-electron chi connectivity index (χ3n) is 2.64. The molecule has 1 aliphatic rings. The van der Waals surface area contributed by atoms with Gasteiger partial charge >= 0.3 is 0 Å². The zero-order valence-corrected chi connectivity index (χ0v) is 11.2.